The van der Waals surface area contributed by atoms with E-state index in [-0.39, 0.29) is 47.0 Å². The Morgan fingerprint density at radius 3 is 2.29 bits per heavy atom. The topological polar surface area (TPSA) is 93.1 Å². The van der Waals surface area contributed by atoms with Crippen LogP contribution < -0.4 is 0 Å². The fraction of sp³-hybridized carbons (Fsp3) is 0.323. The Hall–Kier alpha value is -3.30. The Balaban J connectivity index is 1.69. The maximum atomic E-state index is 16.1. The fourth-order valence-corrected chi connectivity index (χ4v) is 5.87. The van der Waals surface area contributed by atoms with E-state index in [4.69, 9.17) is 32.7 Å². The molecule has 1 unspecified atom stereocenters. The average molecular weight is 600 g/mol. The summed E-state index contributed by atoms with van der Waals surface area (Å²) in [5, 5.41) is 13.3. The average Bonchev–Trinajstić information content (AvgIpc) is 3.20. The van der Waals surface area contributed by atoms with Gasteiger partial charge in [0.15, 0.2) is 11.5 Å². The zero-order valence-corrected chi connectivity index (χ0v) is 23.8. The van der Waals surface area contributed by atoms with E-state index in [1.807, 2.05) is 0 Å². The molecule has 1 saturated heterocycles. The number of nitrogens with zero attached hydrogens (tertiary/aromatic N) is 1. The molecule has 0 radical (unpaired) electrons. The summed E-state index contributed by atoms with van der Waals surface area (Å²) in [6.45, 7) is 2.60. The number of ketones is 1. The second-order valence-electron chi connectivity index (χ2n) is 10.1. The number of benzene rings is 3. The number of Topliss-reactive ketones (excluding diaryl/α,β-unsaturated/α-hetero) is 1. The molecule has 2 atom stereocenters. The maximum Gasteiger partial charge on any atom is 0.308 e. The van der Waals surface area contributed by atoms with Gasteiger partial charge in [0.1, 0.15) is 5.82 Å². The summed E-state index contributed by atoms with van der Waals surface area (Å²) in [5.74, 6) is -2.95. The molecule has 3 aromatic rings. The number of fused-ring (bicyclic) bond motifs is 1. The van der Waals surface area contributed by atoms with Gasteiger partial charge in [0.2, 0.25) is 0 Å². The Morgan fingerprint density at radius 1 is 1.07 bits per heavy atom. The Kier molecular flexibility index (Phi) is 8.47. The van der Waals surface area contributed by atoms with E-state index in [1.54, 1.807) is 31.2 Å². The van der Waals surface area contributed by atoms with Gasteiger partial charge in [-0.25, -0.2) is 4.39 Å². The van der Waals surface area contributed by atoms with Crippen LogP contribution >= 0.6 is 23.2 Å². The van der Waals surface area contributed by atoms with Gasteiger partial charge < -0.3 is 14.6 Å². The number of ether oxygens (including phenoxy) is 2. The van der Waals surface area contributed by atoms with Crippen LogP contribution in [0.1, 0.15) is 69.6 Å². The molecular formula is C31H28Cl2FNO6. The van der Waals surface area contributed by atoms with Crippen LogP contribution in [0.15, 0.2) is 60.7 Å². The van der Waals surface area contributed by atoms with E-state index in [0.29, 0.717) is 41.7 Å². The molecule has 0 spiro atoms. The van der Waals surface area contributed by atoms with Crippen molar-refractivity contribution in [1.29, 1.82) is 0 Å². The molecule has 1 N–H and O–H groups in total. The number of hydrogen-bond donors (Lipinski definition) is 1. The Labute approximate surface area is 246 Å². The smallest absolute Gasteiger partial charge is 0.308 e. The van der Waals surface area contributed by atoms with Gasteiger partial charge in [-0.15, -0.1) is 0 Å². The molecule has 1 amide bonds. The first-order valence-electron chi connectivity index (χ1n) is 13.3. The van der Waals surface area contributed by atoms with E-state index in [9.17, 15) is 19.5 Å². The summed E-state index contributed by atoms with van der Waals surface area (Å²) in [7, 11) is 0. The molecule has 2 aliphatic heterocycles. The van der Waals surface area contributed by atoms with E-state index < -0.39 is 29.5 Å². The third-order valence-corrected chi connectivity index (χ3v) is 8.10. The fourth-order valence-electron chi connectivity index (χ4n) is 5.62. The summed E-state index contributed by atoms with van der Waals surface area (Å²) in [4.78, 5) is 41.4. The second kappa shape index (κ2) is 11.9. The molecule has 3 aromatic carbocycles. The number of halogens is 3. The molecule has 0 aromatic heterocycles. The van der Waals surface area contributed by atoms with E-state index in [0.717, 1.165) is 11.0 Å². The predicted molar refractivity (Wildman–Crippen MR) is 150 cm³/mol. The summed E-state index contributed by atoms with van der Waals surface area (Å²) >= 11 is 12.2. The first-order valence-corrected chi connectivity index (χ1v) is 14.1. The highest BCUT2D eigenvalue weighted by atomic mass is 35.5. The predicted octanol–water partition coefficient (Wildman–Crippen LogP) is 6.09. The number of amides is 1. The number of esters is 1. The molecule has 0 aliphatic carbocycles. The molecule has 7 nitrogen and oxygen atoms in total. The first-order chi connectivity index (χ1) is 19.6. The zero-order valence-electron chi connectivity index (χ0n) is 22.2. The van der Waals surface area contributed by atoms with Crippen LogP contribution in [-0.2, 0) is 20.0 Å². The number of rotatable bonds is 8. The van der Waals surface area contributed by atoms with Crippen molar-refractivity contribution in [3.8, 4) is 0 Å². The van der Waals surface area contributed by atoms with Crippen LogP contribution in [0.3, 0.4) is 0 Å². The van der Waals surface area contributed by atoms with Crippen LogP contribution in [0, 0.1) is 11.7 Å². The van der Waals surface area contributed by atoms with Crippen LogP contribution in [0.25, 0.3) is 0 Å². The third kappa shape index (κ3) is 5.49. The summed E-state index contributed by atoms with van der Waals surface area (Å²) in [5.41, 5.74) is -2.17. The minimum atomic E-state index is -2.35. The number of carbonyl (C=O) groups is 3. The molecule has 214 valence electrons. The SMILES string of the molecule is CCOC(=O)C[C@@H](c1ccc(Cl)cc1)N1C(=O)c2cc(C(=O)C3CCOCC3)cc(F)c2C1(O)c1ccc(Cl)cc1. The monoisotopic (exact) mass is 599 g/mol. The number of aliphatic hydroxyl groups is 1. The number of carbonyl (C=O) groups excluding carboxylic acids is 3. The van der Waals surface area contributed by atoms with E-state index in [1.165, 1.54) is 30.3 Å². The lowest BCUT2D eigenvalue weighted by Gasteiger charge is -2.40. The molecule has 2 aliphatic rings. The highest BCUT2D eigenvalue weighted by Gasteiger charge is 2.55. The molecule has 41 heavy (non-hydrogen) atoms. The van der Waals surface area contributed by atoms with Crippen LogP contribution in [0.4, 0.5) is 4.39 Å². The number of hydrogen-bond acceptors (Lipinski definition) is 6. The van der Waals surface area contributed by atoms with Gasteiger partial charge in [0, 0.05) is 40.3 Å². The quantitative estimate of drug-likeness (QED) is 0.249. The Bertz CT molecular complexity index is 1470. The van der Waals surface area contributed by atoms with Crippen molar-refractivity contribution in [2.45, 2.75) is 38.0 Å². The lowest BCUT2D eigenvalue weighted by molar-refractivity contribution is -0.146. The molecule has 10 heteroatoms. The largest absolute Gasteiger partial charge is 0.466 e. The van der Waals surface area contributed by atoms with Crippen LogP contribution in [0.5, 0.6) is 0 Å². The minimum Gasteiger partial charge on any atom is -0.466 e. The molecule has 1 fully saturated rings. The highest BCUT2D eigenvalue weighted by Crippen LogP contribution is 2.49. The third-order valence-electron chi connectivity index (χ3n) is 7.59. The van der Waals surface area contributed by atoms with Crippen molar-refractivity contribution in [2.24, 2.45) is 5.92 Å². The van der Waals surface area contributed by atoms with Gasteiger partial charge in [-0.3, -0.25) is 19.3 Å². The van der Waals surface area contributed by atoms with Gasteiger partial charge in [-0.1, -0.05) is 47.5 Å². The Morgan fingerprint density at radius 2 is 1.68 bits per heavy atom. The van der Waals surface area contributed by atoms with Crippen LogP contribution in [-0.4, -0.2) is 47.5 Å². The van der Waals surface area contributed by atoms with Crippen molar-refractivity contribution in [3.63, 3.8) is 0 Å². The molecular weight excluding hydrogens is 572 g/mol. The molecule has 0 bridgehead atoms. The van der Waals surface area contributed by atoms with Gasteiger partial charge in [-0.2, -0.15) is 0 Å². The van der Waals surface area contributed by atoms with Gasteiger partial charge in [-0.05, 0) is 61.7 Å². The van der Waals surface area contributed by atoms with Crippen molar-refractivity contribution in [3.05, 3.63) is 104 Å². The highest BCUT2D eigenvalue weighted by molar-refractivity contribution is 6.30. The van der Waals surface area contributed by atoms with E-state index in [2.05, 4.69) is 0 Å². The molecule has 2 heterocycles. The van der Waals surface area contributed by atoms with Crippen molar-refractivity contribution < 1.29 is 33.4 Å². The minimum absolute atomic E-state index is 0.0373. The standard InChI is InChI=1S/C31H28Cl2FNO6/c1-2-41-27(36)17-26(18-3-7-22(32)8-4-18)35-30(38)24-15-20(29(37)19-11-13-40-14-12-19)16-25(34)28(24)31(35,39)21-5-9-23(33)10-6-21/h3-10,15-16,19,26,39H,2,11-14,17H2,1H3/t26-,31?/m0/s1. The van der Waals surface area contributed by atoms with Crippen LogP contribution in [0.2, 0.25) is 10.0 Å². The van der Waals surface area contributed by atoms with Crippen molar-refractivity contribution in [1.82, 2.24) is 4.90 Å². The van der Waals surface area contributed by atoms with Crippen molar-refractivity contribution in [2.75, 3.05) is 19.8 Å². The second-order valence-corrected chi connectivity index (χ2v) is 10.9. The zero-order chi connectivity index (χ0) is 29.3. The summed E-state index contributed by atoms with van der Waals surface area (Å²) in [6, 6.07) is 13.8. The van der Waals surface area contributed by atoms with Gasteiger partial charge >= 0.3 is 5.97 Å². The van der Waals surface area contributed by atoms with Crippen molar-refractivity contribution >= 4 is 40.9 Å². The summed E-state index contributed by atoms with van der Waals surface area (Å²) < 4.78 is 26.7. The summed E-state index contributed by atoms with van der Waals surface area (Å²) in [6.07, 6.45) is 0.648. The van der Waals surface area contributed by atoms with Gasteiger partial charge in [0.05, 0.1) is 30.2 Å². The van der Waals surface area contributed by atoms with E-state index >= 15 is 4.39 Å². The lowest BCUT2D eigenvalue weighted by atomic mass is 9.87. The van der Waals surface area contributed by atoms with Gasteiger partial charge in [0.25, 0.3) is 5.91 Å². The normalized spacial score (nSPS) is 19.6. The first kappa shape index (κ1) is 29.2. The molecule has 0 saturated carbocycles. The maximum absolute atomic E-state index is 16.1. The molecule has 5 rings (SSSR count). The lowest BCUT2D eigenvalue weighted by Crippen LogP contribution is -2.47.